The number of benzene rings is 4. The standard InChI is InChI=1S/C36H38N2O4S/c39-32(27-40-24-29-15-7-2-8-16-29)34(41-25-30-17-9-3-10-18-30)35(42-26-31-19-11-4-12-20-31)33(36-37-21-22-43-36)38-23-28-13-5-1-6-14-28/h1-22,32-35,38-39H,23-27H2/t32-,33-,34-,35-/m1/s1. The van der Waals surface area contributed by atoms with Crippen molar-refractivity contribution in [3.63, 3.8) is 0 Å². The van der Waals surface area contributed by atoms with Gasteiger partial charge in [-0.05, 0) is 22.3 Å². The van der Waals surface area contributed by atoms with Crippen LogP contribution in [0.25, 0.3) is 0 Å². The summed E-state index contributed by atoms with van der Waals surface area (Å²) in [5.41, 5.74) is 4.22. The number of hydrogen-bond acceptors (Lipinski definition) is 7. The molecule has 0 aliphatic rings. The summed E-state index contributed by atoms with van der Waals surface area (Å²) in [5.74, 6) is 0. The third-order valence-electron chi connectivity index (χ3n) is 7.09. The number of aliphatic hydroxyl groups excluding tert-OH is 1. The molecule has 222 valence electrons. The van der Waals surface area contributed by atoms with Crippen LogP contribution in [0, 0.1) is 0 Å². The Morgan fingerprint density at radius 1 is 0.628 bits per heavy atom. The van der Waals surface area contributed by atoms with E-state index in [0.717, 1.165) is 27.3 Å². The molecule has 0 aliphatic carbocycles. The SMILES string of the molecule is O[C@H](COCc1ccccc1)[C@@H](OCc1ccccc1)[C@H](OCc1ccccc1)[C@@H](NCc1ccccc1)c1nccs1. The van der Waals surface area contributed by atoms with E-state index >= 15 is 0 Å². The fourth-order valence-electron chi connectivity index (χ4n) is 4.86. The third-order valence-corrected chi connectivity index (χ3v) is 7.95. The first-order chi connectivity index (χ1) is 21.3. The molecule has 0 saturated heterocycles. The van der Waals surface area contributed by atoms with Crippen molar-refractivity contribution in [2.75, 3.05) is 6.61 Å². The van der Waals surface area contributed by atoms with E-state index < -0.39 is 18.3 Å². The fourth-order valence-corrected chi connectivity index (χ4v) is 5.61. The molecule has 0 unspecified atom stereocenters. The largest absolute Gasteiger partial charge is 0.388 e. The van der Waals surface area contributed by atoms with Crippen LogP contribution in [-0.2, 0) is 40.6 Å². The highest BCUT2D eigenvalue weighted by Gasteiger charge is 2.38. The molecule has 0 saturated carbocycles. The predicted octanol–water partition coefficient (Wildman–Crippen LogP) is 6.72. The molecule has 43 heavy (non-hydrogen) atoms. The van der Waals surface area contributed by atoms with Gasteiger partial charge in [-0.3, -0.25) is 0 Å². The van der Waals surface area contributed by atoms with Gasteiger partial charge in [-0.1, -0.05) is 121 Å². The van der Waals surface area contributed by atoms with Crippen LogP contribution in [0.1, 0.15) is 33.3 Å². The average molecular weight is 595 g/mol. The van der Waals surface area contributed by atoms with Gasteiger partial charge in [0.25, 0.3) is 0 Å². The molecule has 4 atom stereocenters. The number of nitrogens with zero attached hydrogens (tertiary/aromatic N) is 1. The highest BCUT2D eigenvalue weighted by Crippen LogP contribution is 2.29. The van der Waals surface area contributed by atoms with Gasteiger partial charge in [0.05, 0.1) is 32.5 Å². The molecule has 7 heteroatoms. The molecular weight excluding hydrogens is 556 g/mol. The van der Waals surface area contributed by atoms with Gasteiger partial charge in [0.15, 0.2) is 0 Å². The normalized spacial score (nSPS) is 14.2. The second-order valence-corrected chi connectivity index (χ2v) is 11.2. The Morgan fingerprint density at radius 2 is 1.12 bits per heavy atom. The minimum absolute atomic E-state index is 0.0861. The van der Waals surface area contributed by atoms with Crippen molar-refractivity contribution in [3.05, 3.63) is 160 Å². The lowest BCUT2D eigenvalue weighted by Gasteiger charge is -2.36. The minimum Gasteiger partial charge on any atom is -0.388 e. The number of hydrogen-bond donors (Lipinski definition) is 2. The van der Waals surface area contributed by atoms with Crippen LogP contribution in [0.5, 0.6) is 0 Å². The Kier molecular flexibility index (Phi) is 12.0. The smallest absolute Gasteiger partial charge is 0.114 e. The molecule has 2 N–H and O–H groups in total. The van der Waals surface area contributed by atoms with Crippen LogP contribution in [0.3, 0.4) is 0 Å². The molecule has 5 rings (SSSR count). The summed E-state index contributed by atoms with van der Waals surface area (Å²) in [5, 5.41) is 18.2. The van der Waals surface area contributed by atoms with Crippen molar-refractivity contribution < 1.29 is 19.3 Å². The van der Waals surface area contributed by atoms with Gasteiger partial charge in [-0.2, -0.15) is 0 Å². The first kappa shape index (κ1) is 30.8. The first-order valence-corrected chi connectivity index (χ1v) is 15.4. The van der Waals surface area contributed by atoms with Crippen molar-refractivity contribution >= 4 is 11.3 Å². The Bertz CT molecular complexity index is 1420. The van der Waals surface area contributed by atoms with Crippen LogP contribution in [0.4, 0.5) is 0 Å². The Hall–Kier alpha value is -3.69. The van der Waals surface area contributed by atoms with E-state index in [-0.39, 0.29) is 12.6 Å². The van der Waals surface area contributed by atoms with Gasteiger partial charge >= 0.3 is 0 Å². The second kappa shape index (κ2) is 16.8. The van der Waals surface area contributed by atoms with Gasteiger partial charge in [-0.25, -0.2) is 4.98 Å². The number of aliphatic hydroxyl groups is 1. The molecule has 0 fully saturated rings. The average Bonchev–Trinajstić information content (AvgIpc) is 3.60. The number of aromatic nitrogens is 1. The zero-order chi connectivity index (χ0) is 29.5. The molecule has 6 nitrogen and oxygen atoms in total. The first-order valence-electron chi connectivity index (χ1n) is 14.5. The molecule has 1 heterocycles. The van der Waals surface area contributed by atoms with Crippen molar-refractivity contribution in [1.82, 2.24) is 10.3 Å². The molecule has 0 radical (unpaired) electrons. The lowest BCUT2D eigenvalue weighted by atomic mass is 9.99. The monoisotopic (exact) mass is 594 g/mol. The second-order valence-electron chi connectivity index (χ2n) is 10.3. The van der Waals surface area contributed by atoms with E-state index in [4.69, 9.17) is 14.2 Å². The van der Waals surface area contributed by atoms with E-state index in [1.807, 2.05) is 115 Å². The molecule has 0 bridgehead atoms. The van der Waals surface area contributed by atoms with Crippen LogP contribution >= 0.6 is 11.3 Å². The molecular formula is C36H38N2O4S. The maximum Gasteiger partial charge on any atom is 0.114 e. The summed E-state index contributed by atoms with van der Waals surface area (Å²) in [6.07, 6.45) is -0.481. The van der Waals surface area contributed by atoms with E-state index in [9.17, 15) is 5.11 Å². The maximum absolute atomic E-state index is 11.7. The Labute approximate surface area is 257 Å². The van der Waals surface area contributed by atoms with Crippen LogP contribution in [0.2, 0.25) is 0 Å². The van der Waals surface area contributed by atoms with Crippen LogP contribution in [-0.4, -0.2) is 35.0 Å². The van der Waals surface area contributed by atoms with Gasteiger partial charge in [0, 0.05) is 18.1 Å². The third kappa shape index (κ3) is 9.66. The zero-order valence-corrected chi connectivity index (χ0v) is 24.9. The van der Waals surface area contributed by atoms with Crippen LogP contribution < -0.4 is 5.32 Å². The van der Waals surface area contributed by atoms with Gasteiger partial charge in [0.2, 0.25) is 0 Å². The van der Waals surface area contributed by atoms with Crippen LogP contribution in [0.15, 0.2) is 133 Å². The summed E-state index contributed by atoms with van der Waals surface area (Å²) in [6.45, 7) is 1.74. The quantitative estimate of drug-likeness (QED) is 0.125. The zero-order valence-electron chi connectivity index (χ0n) is 24.1. The summed E-state index contributed by atoms with van der Waals surface area (Å²) >= 11 is 1.55. The Morgan fingerprint density at radius 3 is 1.63 bits per heavy atom. The van der Waals surface area contributed by atoms with Gasteiger partial charge in [-0.15, -0.1) is 11.3 Å². The summed E-state index contributed by atoms with van der Waals surface area (Å²) in [7, 11) is 0. The topological polar surface area (TPSA) is 72.8 Å². The predicted molar refractivity (Wildman–Crippen MR) is 170 cm³/mol. The van der Waals surface area contributed by atoms with Crippen molar-refractivity contribution in [2.24, 2.45) is 0 Å². The van der Waals surface area contributed by atoms with Crippen molar-refractivity contribution in [2.45, 2.75) is 50.7 Å². The maximum atomic E-state index is 11.7. The highest BCUT2D eigenvalue weighted by molar-refractivity contribution is 7.09. The fraction of sp³-hybridized carbons (Fsp3) is 0.250. The lowest BCUT2D eigenvalue weighted by Crippen LogP contribution is -2.49. The number of nitrogens with one attached hydrogen (secondary N) is 1. The molecule has 5 aromatic rings. The summed E-state index contributed by atoms with van der Waals surface area (Å²) < 4.78 is 19.3. The van der Waals surface area contributed by atoms with E-state index in [1.54, 1.807) is 17.5 Å². The molecule has 1 aromatic heterocycles. The van der Waals surface area contributed by atoms with Crippen molar-refractivity contribution in [3.8, 4) is 0 Å². The molecule has 4 aromatic carbocycles. The van der Waals surface area contributed by atoms with Crippen molar-refractivity contribution in [1.29, 1.82) is 0 Å². The highest BCUT2D eigenvalue weighted by atomic mass is 32.1. The lowest BCUT2D eigenvalue weighted by molar-refractivity contribution is -0.157. The number of rotatable bonds is 17. The number of ether oxygens (including phenoxy) is 3. The van der Waals surface area contributed by atoms with Gasteiger partial charge in [0.1, 0.15) is 23.3 Å². The van der Waals surface area contributed by atoms with E-state index in [0.29, 0.717) is 26.4 Å². The Balaban J connectivity index is 1.42. The van der Waals surface area contributed by atoms with E-state index in [1.165, 1.54) is 0 Å². The molecule has 0 aliphatic heterocycles. The van der Waals surface area contributed by atoms with Gasteiger partial charge < -0.3 is 24.6 Å². The van der Waals surface area contributed by atoms with E-state index in [2.05, 4.69) is 22.4 Å². The molecule has 0 spiro atoms. The summed E-state index contributed by atoms with van der Waals surface area (Å²) in [6, 6.07) is 39.8. The minimum atomic E-state index is -0.964. The number of thiazole rings is 1. The molecule has 0 amide bonds. The summed E-state index contributed by atoms with van der Waals surface area (Å²) in [4.78, 5) is 4.67.